The number of ether oxygens (including phenoxy) is 1. The Labute approximate surface area is 197 Å². The molecule has 0 saturated carbocycles. The predicted molar refractivity (Wildman–Crippen MR) is 128 cm³/mol. The molecule has 0 aliphatic carbocycles. The highest BCUT2D eigenvalue weighted by Crippen LogP contribution is 2.26. The van der Waals surface area contributed by atoms with E-state index in [1.54, 1.807) is 12.4 Å². The highest BCUT2D eigenvalue weighted by atomic mass is 16.5. The highest BCUT2D eigenvalue weighted by Gasteiger charge is 2.35. The number of nitrogens with zero attached hydrogens (tertiary/aromatic N) is 1. The van der Waals surface area contributed by atoms with Gasteiger partial charge in [-0.15, -0.1) is 0 Å². The van der Waals surface area contributed by atoms with Crippen LogP contribution in [0.5, 0.6) is 0 Å². The molecule has 33 heavy (non-hydrogen) atoms. The van der Waals surface area contributed by atoms with E-state index < -0.39 is 29.8 Å². The van der Waals surface area contributed by atoms with Gasteiger partial charge in [-0.1, -0.05) is 70.2 Å². The molecule has 3 amide bonds. The van der Waals surface area contributed by atoms with Crippen LogP contribution in [-0.4, -0.2) is 47.7 Å². The fourth-order valence-electron chi connectivity index (χ4n) is 3.51. The first kappa shape index (κ1) is 28.3. The second kappa shape index (κ2) is 14.4. The molecule has 184 valence electrons. The summed E-state index contributed by atoms with van der Waals surface area (Å²) in [5, 5.41) is 10.6. The summed E-state index contributed by atoms with van der Waals surface area (Å²) in [6, 6.07) is 9.60. The van der Waals surface area contributed by atoms with Crippen molar-refractivity contribution in [3.05, 3.63) is 42.0 Å². The molecule has 0 fully saturated rings. The predicted octanol–water partition coefficient (Wildman–Crippen LogP) is 3.42. The average molecular weight is 462 g/mol. The first-order valence-corrected chi connectivity index (χ1v) is 11.4. The summed E-state index contributed by atoms with van der Waals surface area (Å²) in [5.74, 6) is -2.79. The number of rotatable bonds is 12. The van der Waals surface area contributed by atoms with Gasteiger partial charge in [0.15, 0.2) is 0 Å². The fourth-order valence-corrected chi connectivity index (χ4v) is 3.51. The molecule has 0 aliphatic heterocycles. The van der Waals surface area contributed by atoms with E-state index in [-0.39, 0.29) is 24.2 Å². The number of nitrogens with one attached hydrogen (secondary N) is 2. The van der Waals surface area contributed by atoms with Crippen LogP contribution in [0.3, 0.4) is 0 Å². The van der Waals surface area contributed by atoms with Crippen molar-refractivity contribution in [1.82, 2.24) is 15.9 Å². The third kappa shape index (κ3) is 9.75. The number of methoxy groups -OCH3 is 1. The Hall–Kier alpha value is -2.71. The third-order valence-corrected chi connectivity index (χ3v) is 5.25. The van der Waals surface area contributed by atoms with Gasteiger partial charge in [-0.05, 0) is 37.2 Å². The molecule has 0 saturated heterocycles. The number of carbonyl (C=O) groups is 3. The van der Waals surface area contributed by atoms with Gasteiger partial charge in [0.25, 0.3) is 5.91 Å². The van der Waals surface area contributed by atoms with Gasteiger partial charge in [0.05, 0.1) is 11.8 Å². The van der Waals surface area contributed by atoms with Crippen molar-refractivity contribution in [3.8, 4) is 0 Å². The van der Waals surface area contributed by atoms with Crippen LogP contribution in [0.15, 0.2) is 36.4 Å². The Bertz CT molecular complexity index is 780. The topological polar surface area (TPSA) is 108 Å². The second-order valence-corrected chi connectivity index (χ2v) is 9.06. The summed E-state index contributed by atoms with van der Waals surface area (Å²) in [6.45, 7) is 9.70. The van der Waals surface area contributed by atoms with E-state index in [1.807, 2.05) is 70.2 Å². The van der Waals surface area contributed by atoms with E-state index in [2.05, 4.69) is 5.43 Å². The van der Waals surface area contributed by atoms with Gasteiger partial charge in [0.2, 0.25) is 11.8 Å². The lowest BCUT2D eigenvalue weighted by Gasteiger charge is -2.31. The SMILES string of the molecule is CO[C@H](C)C(=O)N(CC(C)C)NC(=O)[C@H](CC(C)C)[C@H](CC=Cc1ccccc1)C(=O)NO. The van der Waals surface area contributed by atoms with E-state index in [4.69, 9.17) is 4.74 Å². The molecule has 1 rings (SSSR count). The minimum Gasteiger partial charge on any atom is -0.372 e. The Morgan fingerprint density at radius 1 is 1.00 bits per heavy atom. The summed E-state index contributed by atoms with van der Waals surface area (Å²) in [7, 11) is 1.43. The lowest BCUT2D eigenvalue weighted by Crippen LogP contribution is -2.54. The van der Waals surface area contributed by atoms with Gasteiger partial charge >= 0.3 is 0 Å². The first-order valence-electron chi connectivity index (χ1n) is 11.4. The molecule has 0 aliphatic rings. The van der Waals surface area contributed by atoms with Crippen LogP contribution in [0.2, 0.25) is 0 Å². The zero-order valence-electron chi connectivity index (χ0n) is 20.6. The van der Waals surface area contributed by atoms with Gasteiger partial charge in [-0.3, -0.25) is 30.0 Å². The maximum Gasteiger partial charge on any atom is 0.269 e. The fraction of sp³-hybridized carbons (Fsp3) is 0.560. The molecular formula is C25H39N3O5. The van der Waals surface area contributed by atoms with Crippen molar-refractivity contribution in [2.75, 3.05) is 13.7 Å². The molecule has 3 atom stereocenters. The van der Waals surface area contributed by atoms with Crippen molar-refractivity contribution < 1.29 is 24.3 Å². The van der Waals surface area contributed by atoms with Crippen LogP contribution in [0.1, 0.15) is 53.0 Å². The lowest BCUT2D eigenvalue weighted by atomic mass is 9.82. The summed E-state index contributed by atoms with van der Waals surface area (Å²) in [6.07, 6.45) is 3.63. The maximum absolute atomic E-state index is 13.3. The van der Waals surface area contributed by atoms with Crippen molar-refractivity contribution >= 4 is 23.8 Å². The molecule has 0 heterocycles. The first-order chi connectivity index (χ1) is 15.6. The smallest absolute Gasteiger partial charge is 0.269 e. The number of allylic oxidation sites excluding steroid dienone is 1. The van der Waals surface area contributed by atoms with Gasteiger partial charge in [-0.2, -0.15) is 0 Å². The molecule has 8 nitrogen and oxygen atoms in total. The second-order valence-electron chi connectivity index (χ2n) is 9.06. The molecule has 0 spiro atoms. The van der Waals surface area contributed by atoms with Crippen LogP contribution in [0.4, 0.5) is 0 Å². The molecular weight excluding hydrogens is 422 g/mol. The van der Waals surface area contributed by atoms with E-state index >= 15 is 0 Å². The van der Waals surface area contributed by atoms with E-state index in [9.17, 15) is 19.6 Å². The van der Waals surface area contributed by atoms with Gasteiger partial charge < -0.3 is 4.74 Å². The number of hydrogen-bond acceptors (Lipinski definition) is 5. The molecule has 1 aromatic carbocycles. The van der Waals surface area contributed by atoms with Gasteiger partial charge in [0.1, 0.15) is 6.10 Å². The maximum atomic E-state index is 13.3. The summed E-state index contributed by atoms with van der Waals surface area (Å²) < 4.78 is 5.13. The summed E-state index contributed by atoms with van der Waals surface area (Å²) in [5.41, 5.74) is 5.39. The number of carbonyl (C=O) groups excluding carboxylic acids is 3. The van der Waals surface area contributed by atoms with Crippen molar-refractivity contribution in [2.45, 2.75) is 53.6 Å². The van der Waals surface area contributed by atoms with Crippen molar-refractivity contribution in [1.29, 1.82) is 0 Å². The summed E-state index contributed by atoms with van der Waals surface area (Å²) in [4.78, 5) is 38.6. The Morgan fingerprint density at radius 3 is 2.15 bits per heavy atom. The van der Waals surface area contributed by atoms with Crippen LogP contribution in [0.25, 0.3) is 6.08 Å². The molecule has 0 radical (unpaired) electrons. The number of hydrazine groups is 1. The van der Waals surface area contributed by atoms with Gasteiger partial charge in [0, 0.05) is 13.7 Å². The zero-order chi connectivity index (χ0) is 25.0. The number of amides is 3. The Kier molecular flexibility index (Phi) is 12.4. The quantitative estimate of drug-likeness (QED) is 0.326. The van der Waals surface area contributed by atoms with Gasteiger partial charge in [-0.25, -0.2) is 5.48 Å². The van der Waals surface area contributed by atoms with Crippen LogP contribution in [-0.2, 0) is 19.1 Å². The molecule has 0 unspecified atom stereocenters. The Balaban J connectivity index is 3.15. The monoisotopic (exact) mass is 461 g/mol. The molecule has 0 aromatic heterocycles. The molecule has 0 bridgehead atoms. The lowest BCUT2D eigenvalue weighted by molar-refractivity contribution is -0.152. The molecule has 3 N–H and O–H groups in total. The van der Waals surface area contributed by atoms with E-state index in [0.29, 0.717) is 13.0 Å². The minimum absolute atomic E-state index is 0.104. The number of benzene rings is 1. The molecule has 8 heteroatoms. The van der Waals surface area contributed by atoms with Crippen LogP contribution in [0, 0.1) is 23.7 Å². The van der Waals surface area contributed by atoms with Crippen molar-refractivity contribution in [2.24, 2.45) is 23.7 Å². The van der Waals surface area contributed by atoms with Crippen LogP contribution >= 0.6 is 0 Å². The van der Waals surface area contributed by atoms with Crippen LogP contribution < -0.4 is 10.9 Å². The van der Waals surface area contributed by atoms with E-state index in [1.165, 1.54) is 12.1 Å². The minimum atomic E-state index is -0.812. The highest BCUT2D eigenvalue weighted by molar-refractivity contribution is 5.89. The standard InChI is InChI=1S/C25H39N3O5/c1-17(2)15-22(23(29)26-28(16-18(3)4)25(31)19(5)33-6)21(24(30)27-32)14-10-13-20-11-8-7-9-12-20/h7-13,17-19,21-22,32H,14-16H2,1-6H3,(H,26,29)(H,27,30)/t19-,21+,22-/m1/s1. The summed E-state index contributed by atoms with van der Waals surface area (Å²) >= 11 is 0. The molecule has 1 aromatic rings. The number of hydrogen-bond donors (Lipinski definition) is 3. The largest absolute Gasteiger partial charge is 0.372 e. The average Bonchev–Trinajstić information content (AvgIpc) is 2.78. The zero-order valence-corrected chi connectivity index (χ0v) is 20.6. The van der Waals surface area contributed by atoms with Crippen molar-refractivity contribution in [3.63, 3.8) is 0 Å². The van der Waals surface area contributed by atoms with E-state index in [0.717, 1.165) is 5.56 Å². The Morgan fingerprint density at radius 2 is 1.64 bits per heavy atom. The normalized spacial score (nSPS) is 14.2. The number of hydroxylamine groups is 1. The third-order valence-electron chi connectivity index (χ3n) is 5.25.